The highest BCUT2D eigenvalue weighted by Gasteiger charge is 2.39. The molecule has 3 heteroatoms. The summed E-state index contributed by atoms with van der Waals surface area (Å²) < 4.78 is 0. The van der Waals surface area contributed by atoms with Crippen LogP contribution in [-0.4, -0.2) is 30.0 Å². The maximum atomic E-state index is 10.3. The van der Waals surface area contributed by atoms with E-state index in [0.29, 0.717) is 12.3 Å². The van der Waals surface area contributed by atoms with Crippen LogP contribution >= 0.6 is 0 Å². The lowest BCUT2D eigenvalue weighted by Gasteiger charge is -2.37. The Bertz CT molecular complexity index is 226. The molecule has 15 heavy (non-hydrogen) atoms. The van der Waals surface area contributed by atoms with E-state index in [-0.39, 0.29) is 0 Å². The van der Waals surface area contributed by atoms with Crippen LogP contribution in [0.5, 0.6) is 0 Å². The topological polar surface area (TPSA) is 40.5 Å². The number of rotatable bonds is 5. The van der Waals surface area contributed by atoms with Crippen molar-refractivity contribution in [2.75, 3.05) is 0 Å². The molecule has 0 heterocycles. The highest BCUT2D eigenvalue weighted by atomic mass is 28.3. The number of hydrogen-bond acceptors (Lipinski definition) is 2. The molecule has 0 aromatic rings. The van der Waals surface area contributed by atoms with E-state index in [2.05, 4.69) is 26.2 Å². The van der Waals surface area contributed by atoms with Gasteiger partial charge in [-0.05, 0) is 19.3 Å². The van der Waals surface area contributed by atoms with Gasteiger partial charge in [-0.1, -0.05) is 38.7 Å². The average Bonchev–Trinajstić information content (AvgIpc) is 1.99. The molecule has 2 N–H and O–H groups in total. The van der Waals surface area contributed by atoms with Crippen molar-refractivity contribution in [3.8, 4) is 0 Å². The van der Waals surface area contributed by atoms with Crippen molar-refractivity contribution in [3.63, 3.8) is 0 Å². The van der Waals surface area contributed by atoms with Crippen molar-refractivity contribution >= 4 is 8.07 Å². The van der Waals surface area contributed by atoms with E-state index in [0.717, 1.165) is 5.20 Å². The molecule has 0 bridgehead atoms. The van der Waals surface area contributed by atoms with Crippen LogP contribution < -0.4 is 0 Å². The van der Waals surface area contributed by atoms with Gasteiger partial charge in [0.05, 0.1) is 14.2 Å². The van der Waals surface area contributed by atoms with Crippen molar-refractivity contribution in [2.24, 2.45) is 5.92 Å². The molecule has 90 valence electrons. The van der Waals surface area contributed by atoms with E-state index in [9.17, 15) is 10.2 Å². The molecule has 0 aliphatic rings. The number of aliphatic hydroxyl groups is 2. The van der Waals surface area contributed by atoms with Crippen LogP contribution in [0.4, 0.5) is 0 Å². The molecular formula is C12H26O2Si. The summed E-state index contributed by atoms with van der Waals surface area (Å²) in [5.74, 6) is 0.376. The Kier molecular flexibility index (Phi) is 4.77. The van der Waals surface area contributed by atoms with Crippen LogP contribution in [0.25, 0.3) is 0 Å². The zero-order chi connectivity index (χ0) is 12.4. The first-order chi connectivity index (χ1) is 6.49. The maximum Gasteiger partial charge on any atom is 0.105 e. The van der Waals surface area contributed by atoms with Crippen LogP contribution in [-0.2, 0) is 0 Å². The molecule has 0 radical (unpaired) electrons. The molecule has 0 aliphatic heterocycles. The van der Waals surface area contributed by atoms with E-state index in [1.54, 1.807) is 6.92 Å². The van der Waals surface area contributed by atoms with Gasteiger partial charge in [-0.15, -0.1) is 6.58 Å². The largest absolute Gasteiger partial charge is 0.390 e. The first-order valence-electron chi connectivity index (χ1n) is 5.60. The molecule has 0 amide bonds. The lowest BCUT2D eigenvalue weighted by atomic mass is 9.92. The molecule has 0 saturated heterocycles. The Labute approximate surface area is 95.0 Å². The van der Waals surface area contributed by atoms with Crippen molar-refractivity contribution in [1.29, 1.82) is 0 Å². The zero-order valence-corrected chi connectivity index (χ0v) is 12.0. The minimum atomic E-state index is -1.61. The summed E-state index contributed by atoms with van der Waals surface area (Å²) in [7, 11) is -1.61. The number of hydrogen-bond donors (Lipinski definition) is 2. The van der Waals surface area contributed by atoms with Crippen LogP contribution in [0.1, 0.15) is 27.2 Å². The summed E-state index contributed by atoms with van der Waals surface area (Å²) in [5.41, 5.74) is -1.14. The van der Waals surface area contributed by atoms with E-state index >= 15 is 0 Å². The summed E-state index contributed by atoms with van der Waals surface area (Å²) in [6.07, 6.45) is -0.104. The van der Waals surface area contributed by atoms with Gasteiger partial charge in [0.15, 0.2) is 0 Å². The van der Waals surface area contributed by atoms with Crippen LogP contribution in [0.15, 0.2) is 11.8 Å². The van der Waals surface area contributed by atoms with Gasteiger partial charge < -0.3 is 10.2 Å². The molecular weight excluding hydrogens is 204 g/mol. The summed E-state index contributed by atoms with van der Waals surface area (Å²) >= 11 is 0. The molecule has 0 rings (SSSR count). The third kappa shape index (κ3) is 4.09. The Balaban J connectivity index is 4.74. The fourth-order valence-corrected chi connectivity index (χ4v) is 3.32. The molecule has 0 saturated carbocycles. The molecule has 0 spiro atoms. The quantitative estimate of drug-likeness (QED) is 0.713. The summed E-state index contributed by atoms with van der Waals surface area (Å²) in [5, 5.41) is 21.1. The van der Waals surface area contributed by atoms with Gasteiger partial charge in [-0.3, -0.25) is 0 Å². The fourth-order valence-electron chi connectivity index (χ4n) is 1.64. The Morgan fingerprint density at radius 3 is 2.00 bits per heavy atom. The molecule has 0 unspecified atom stereocenters. The highest BCUT2D eigenvalue weighted by Crippen LogP contribution is 2.30. The normalized spacial score (nSPS) is 18.7. The Hall–Kier alpha value is -0.123. The molecule has 0 fully saturated rings. The van der Waals surface area contributed by atoms with E-state index in [4.69, 9.17) is 0 Å². The first-order valence-corrected chi connectivity index (χ1v) is 9.10. The molecule has 0 aromatic carbocycles. The van der Waals surface area contributed by atoms with Crippen molar-refractivity contribution < 1.29 is 10.2 Å². The predicted molar refractivity (Wildman–Crippen MR) is 68.6 cm³/mol. The van der Waals surface area contributed by atoms with Crippen LogP contribution in [0.2, 0.25) is 19.6 Å². The Morgan fingerprint density at radius 2 is 1.73 bits per heavy atom. The highest BCUT2D eigenvalue weighted by molar-refractivity contribution is 6.83. The standard InChI is InChI=1S/C12H26O2Si/c1-9(2)8-11(13)12(4,14)10(3)15(5,6)7/h9,11,13-14H,3,8H2,1-2,4-7H3/t11-,12+/m1/s1. The average molecular weight is 230 g/mol. The van der Waals surface area contributed by atoms with E-state index in [1.807, 2.05) is 13.8 Å². The van der Waals surface area contributed by atoms with Gasteiger partial charge in [-0.2, -0.15) is 0 Å². The van der Waals surface area contributed by atoms with Crippen LogP contribution in [0, 0.1) is 5.92 Å². The second kappa shape index (κ2) is 4.81. The molecule has 2 nitrogen and oxygen atoms in total. The fraction of sp³-hybridized carbons (Fsp3) is 0.833. The van der Waals surface area contributed by atoms with Crippen molar-refractivity contribution in [3.05, 3.63) is 11.8 Å². The molecule has 0 aromatic heterocycles. The minimum Gasteiger partial charge on any atom is -0.390 e. The summed E-state index contributed by atoms with van der Waals surface area (Å²) in [4.78, 5) is 0. The van der Waals surface area contributed by atoms with Crippen molar-refractivity contribution in [2.45, 2.75) is 58.5 Å². The van der Waals surface area contributed by atoms with Gasteiger partial charge in [0.2, 0.25) is 0 Å². The smallest absolute Gasteiger partial charge is 0.105 e. The minimum absolute atomic E-state index is 0.376. The summed E-state index contributed by atoms with van der Waals surface area (Å²) in [6.45, 7) is 16.1. The van der Waals surface area contributed by atoms with Gasteiger partial charge in [-0.25, -0.2) is 0 Å². The SMILES string of the molecule is C=C([C@](C)(O)[C@H](O)CC(C)C)[Si](C)(C)C. The second-order valence-electron chi connectivity index (χ2n) is 6.02. The van der Waals surface area contributed by atoms with Crippen LogP contribution in [0.3, 0.4) is 0 Å². The van der Waals surface area contributed by atoms with Gasteiger partial charge >= 0.3 is 0 Å². The van der Waals surface area contributed by atoms with E-state index < -0.39 is 19.8 Å². The van der Waals surface area contributed by atoms with Gasteiger partial charge in [0, 0.05) is 0 Å². The van der Waals surface area contributed by atoms with Crippen molar-refractivity contribution in [1.82, 2.24) is 0 Å². The summed E-state index contributed by atoms with van der Waals surface area (Å²) in [6, 6.07) is 0. The third-order valence-electron chi connectivity index (χ3n) is 2.86. The second-order valence-corrected chi connectivity index (χ2v) is 11.1. The first kappa shape index (κ1) is 14.9. The Morgan fingerprint density at radius 1 is 1.33 bits per heavy atom. The third-order valence-corrected chi connectivity index (χ3v) is 5.18. The monoisotopic (exact) mass is 230 g/mol. The lowest BCUT2D eigenvalue weighted by molar-refractivity contribution is -0.0394. The predicted octanol–water partition coefficient (Wildman–Crippen LogP) is 2.58. The number of aliphatic hydroxyl groups excluding tert-OH is 1. The molecule has 0 aliphatic carbocycles. The lowest BCUT2D eigenvalue weighted by Crippen LogP contribution is -2.48. The van der Waals surface area contributed by atoms with E-state index in [1.165, 1.54) is 0 Å². The maximum absolute atomic E-state index is 10.3. The van der Waals surface area contributed by atoms with Gasteiger partial charge in [0.25, 0.3) is 0 Å². The molecule has 2 atom stereocenters. The zero-order valence-electron chi connectivity index (χ0n) is 11.0. The van der Waals surface area contributed by atoms with Gasteiger partial charge in [0.1, 0.15) is 5.60 Å².